The fraction of sp³-hybridized carbons (Fsp3) is 0.0769. The van der Waals surface area contributed by atoms with E-state index in [9.17, 15) is 5.11 Å². The molecule has 0 amide bonds. The van der Waals surface area contributed by atoms with Crippen molar-refractivity contribution in [1.82, 2.24) is 4.98 Å². The molecule has 0 aliphatic heterocycles. The van der Waals surface area contributed by atoms with Crippen LogP contribution < -0.4 is 0 Å². The molecule has 0 bridgehead atoms. The van der Waals surface area contributed by atoms with Gasteiger partial charge >= 0.3 is 21.0 Å². The first-order chi connectivity index (χ1) is 8.86. The van der Waals surface area contributed by atoms with E-state index in [0.29, 0.717) is 6.54 Å². The number of aliphatic imine (C=N–C) groups is 1. The maximum atomic E-state index is 9.50. The molecule has 0 spiro atoms. The molecule has 0 unspecified atom stereocenters. The summed E-state index contributed by atoms with van der Waals surface area (Å²) in [6, 6.07) is 12.8. The number of aromatic hydroxyl groups is 1. The van der Waals surface area contributed by atoms with Crippen LogP contribution in [0.15, 0.2) is 53.7 Å². The molecule has 1 aromatic heterocycles. The van der Waals surface area contributed by atoms with Crippen molar-refractivity contribution in [3.05, 3.63) is 59.9 Å². The summed E-state index contributed by atoms with van der Waals surface area (Å²) in [6.45, 7) is 0.523. The summed E-state index contributed by atoms with van der Waals surface area (Å²) >= 11 is 1.06. The van der Waals surface area contributed by atoms with E-state index in [1.807, 2.05) is 30.3 Å². The molecule has 0 saturated carbocycles. The average molecular weight is 316 g/mol. The molecule has 0 radical (unpaired) electrons. The van der Waals surface area contributed by atoms with Gasteiger partial charge in [-0.1, -0.05) is 18.2 Å². The first-order valence-electron chi connectivity index (χ1n) is 5.22. The molecule has 6 heteroatoms. The molecular formula is C13H13ClN2O2V. The van der Waals surface area contributed by atoms with E-state index in [1.54, 1.807) is 24.5 Å². The van der Waals surface area contributed by atoms with Crippen LogP contribution in [0.3, 0.4) is 0 Å². The summed E-state index contributed by atoms with van der Waals surface area (Å²) in [7, 11) is 0. The number of halogens is 1. The number of hydrogen-bond acceptors (Lipinski definition) is 4. The second-order valence-electron chi connectivity index (χ2n) is 3.35. The summed E-state index contributed by atoms with van der Waals surface area (Å²) in [5, 5.41) is 9.50. The van der Waals surface area contributed by atoms with Crippen LogP contribution in [-0.2, 0) is 27.6 Å². The van der Waals surface area contributed by atoms with E-state index < -0.39 is 0 Å². The predicted octanol–water partition coefficient (Wildman–Crippen LogP) is 2.71. The molecule has 1 aromatic carbocycles. The molecule has 0 aliphatic rings. The maximum absolute atomic E-state index is 9.50. The van der Waals surface area contributed by atoms with Crippen molar-refractivity contribution >= 4 is 18.6 Å². The number of nitrogens with zero attached hydrogens (tertiary/aromatic N) is 2. The number of para-hydroxylation sites is 1. The van der Waals surface area contributed by atoms with Crippen molar-refractivity contribution < 1.29 is 26.1 Å². The minimum absolute atomic E-state index is 0. The second kappa shape index (κ2) is 10.4. The van der Waals surface area contributed by atoms with Crippen LogP contribution in [0.4, 0.5) is 0 Å². The van der Waals surface area contributed by atoms with Crippen molar-refractivity contribution in [3.63, 3.8) is 0 Å². The molecule has 0 aliphatic carbocycles. The summed E-state index contributed by atoms with van der Waals surface area (Å²) < 4.78 is 8.19. The zero-order valence-corrected chi connectivity index (χ0v) is 12.2. The van der Waals surface area contributed by atoms with Crippen LogP contribution in [0, 0.1) is 0 Å². The Bertz CT molecular complexity index is 509. The molecular weight excluding hydrogens is 303 g/mol. The van der Waals surface area contributed by atoms with Gasteiger partial charge in [0.2, 0.25) is 0 Å². The van der Waals surface area contributed by atoms with Gasteiger partial charge in [0.25, 0.3) is 0 Å². The van der Waals surface area contributed by atoms with E-state index in [2.05, 4.69) is 9.98 Å². The number of pyridine rings is 1. The van der Waals surface area contributed by atoms with Crippen LogP contribution in [0.5, 0.6) is 5.75 Å². The van der Waals surface area contributed by atoms with Crippen LogP contribution in [-0.4, -0.2) is 16.3 Å². The van der Waals surface area contributed by atoms with Gasteiger partial charge in [-0.2, -0.15) is 0 Å². The van der Waals surface area contributed by atoms with Gasteiger partial charge in [-0.25, -0.2) is 0 Å². The van der Waals surface area contributed by atoms with E-state index in [0.717, 1.165) is 28.6 Å². The Kier molecular flexibility index (Phi) is 9.62. The topological polar surface area (TPSA) is 62.6 Å². The Labute approximate surface area is 127 Å². The molecule has 4 nitrogen and oxygen atoms in total. The molecule has 2 aromatic rings. The third-order valence-corrected chi connectivity index (χ3v) is 2.15. The van der Waals surface area contributed by atoms with E-state index >= 15 is 0 Å². The van der Waals surface area contributed by atoms with Crippen molar-refractivity contribution in [1.29, 1.82) is 0 Å². The van der Waals surface area contributed by atoms with Gasteiger partial charge in [0.05, 0.1) is 12.2 Å². The molecule has 19 heavy (non-hydrogen) atoms. The third-order valence-electron chi connectivity index (χ3n) is 2.15. The van der Waals surface area contributed by atoms with E-state index in [1.165, 1.54) is 0 Å². The van der Waals surface area contributed by atoms with Gasteiger partial charge in [-0.3, -0.25) is 9.98 Å². The second-order valence-corrected chi connectivity index (χ2v) is 3.35. The first kappa shape index (κ1) is 17.5. The number of phenolic OH excluding ortho intramolecular Hbond substituents is 1. The summed E-state index contributed by atoms with van der Waals surface area (Å²) in [5.74, 6) is 0.243. The predicted molar refractivity (Wildman–Crippen MR) is 71.6 cm³/mol. The zero-order valence-electron chi connectivity index (χ0n) is 10.0. The quantitative estimate of drug-likeness (QED) is 0.886. The van der Waals surface area contributed by atoms with Crippen LogP contribution in [0.1, 0.15) is 11.3 Å². The standard InChI is InChI=1S/C13H12N2O.ClH.O.V/c16-13-7-2-1-5-11(13)9-14-10-12-6-3-4-8-15-12;;;/h1-9,16H,10H2;1H;;. The van der Waals surface area contributed by atoms with Gasteiger partial charge in [0.15, 0.2) is 0 Å². The Morgan fingerprint density at radius 2 is 1.84 bits per heavy atom. The van der Waals surface area contributed by atoms with Gasteiger partial charge in [-0.15, -0.1) is 12.4 Å². The Morgan fingerprint density at radius 3 is 2.47 bits per heavy atom. The monoisotopic (exact) mass is 315 g/mol. The molecule has 0 fully saturated rings. The van der Waals surface area contributed by atoms with Crippen molar-refractivity contribution in [2.45, 2.75) is 6.54 Å². The molecule has 0 saturated heterocycles. The number of phenols is 1. The van der Waals surface area contributed by atoms with Crippen LogP contribution in [0.25, 0.3) is 0 Å². The normalized spacial score (nSPS) is 9.21. The molecule has 2 rings (SSSR count). The number of hydrogen-bond donors (Lipinski definition) is 1. The zero-order chi connectivity index (χ0) is 13.2. The summed E-state index contributed by atoms with van der Waals surface area (Å²) in [6.07, 6.45) is 3.40. The van der Waals surface area contributed by atoms with Crippen molar-refractivity contribution in [2.24, 2.45) is 4.99 Å². The summed E-state index contributed by atoms with van der Waals surface area (Å²) in [4.78, 5) is 8.38. The SMILES string of the molecule is Cl.Oc1ccccc1C=NCc1ccccn1.[O]=[V]. The van der Waals surface area contributed by atoms with Crippen molar-refractivity contribution in [2.75, 3.05) is 0 Å². The Balaban J connectivity index is 0.00000103. The number of benzene rings is 1. The number of rotatable bonds is 3. The molecule has 1 heterocycles. The molecule has 0 atom stereocenters. The minimum atomic E-state index is 0. The Hall–Kier alpha value is -1.49. The molecule has 99 valence electrons. The van der Waals surface area contributed by atoms with Gasteiger partial charge in [-0.05, 0) is 24.3 Å². The van der Waals surface area contributed by atoms with Crippen LogP contribution in [0.2, 0.25) is 0 Å². The fourth-order valence-corrected chi connectivity index (χ4v) is 1.33. The fourth-order valence-electron chi connectivity index (χ4n) is 1.33. The Morgan fingerprint density at radius 1 is 1.16 bits per heavy atom. The summed E-state index contributed by atoms with van der Waals surface area (Å²) in [5.41, 5.74) is 1.63. The van der Waals surface area contributed by atoms with Crippen molar-refractivity contribution in [3.8, 4) is 5.75 Å². The van der Waals surface area contributed by atoms with Gasteiger partial charge in [0.1, 0.15) is 5.75 Å². The average Bonchev–Trinajstić information content (AvgIpc) is 2.44. The van der Waals surface area contributed by atoms with Gasteiger partial charge in [0, 0.05) is 18.0 Å². The van der Waals surface area contributed by atoms with Crippen LogP contribution >= 0.6 is 12.4 Å². The first-order valence-corrected chi connectivity index (χ1v) is 5.79. The van der Waals surface area contributed by atoms with Gasteiger partial charge < -0.3 is 5.11 Å². The number of aromatic nitrogens is 1. The molecule has 1 N–H and O–H groups in total. The van der Waals surface area contributed by atoms with E-state index in [-0.39, 0.29) is 18.2 Å². The van der Waals surface area contributed by atoms with E-state index in [4.69, 9.17) is 3.67 Å². The third kappa shape index (κ3) is 6.29.